The highest BCUT2D eigenvalue weighted by Crippen LogP contribution is 2.19. The lowest BCUT2D eigenvalue weighted by molar-refractivity contribution is -0.127. The van der Waals surface area contributed by atoms with Crippen molar-refractivity contribution in [1.82, 2.24) is 25.7 Å². The summed E-state index contributed by atoms with van der Waals surface area (Å²) in [6, 6.07) is 8.03. The van der Waals surface area contributed by atoms with Crippen molar-refractivity contribution in [3.63, 3.8) is 0 Å². The Hall–Kier alpha value is -2.17. The Labute approximate surface area is 201 Å². The highest BCUT2D eigenvalue weighted by Gasteiger charge is 2.18. The van der Waals surface area contributed by atoms with E-state index in [9.17, 15) is 4.79 Å². The monoisotopic (exact) mass is 540 g/mol. The molecule has 0 unspecified atom stereocenters. The summed E-state index contributed by atoms with van der Waals surface area (Å²) in [7, 11) is 0. The molecule has 1 aromatic heterocycles. The van der Waals surface area contributed by atoms with Gasteiger partial charge in [-0.25, -0.2) is 4.99 Å². The summed E-state index contributed by atoms with van der Waals surface area (Å²) in [5.41, 5.74) is 1.98. The van der Waals surface area contributed by atoms with Gasteiger partial charge in [-0.3, -0.25) is 4.79 Å². The average molecular weight is 540 g/mol. The first-order chi connectivity index (χ1) is 14.7. The molecule has 9 heteroatoms. The van der Waals surface area contributed by atoms with Gasteiger partial charge in [-0.2, -0.15) is 4.98 Å². The third kappa shape index (κ3) is 7.79. The van der Waals surface area contributed by atoms with Crippen LogP contribution in [-0.4, -0.2) is 53.1 Å². The van der Waals surface area contributed by atoms with Gasteiger partial charge in [-0.05, 0) is 43.9 Å². The minimum atomic E-state index is 0. The van der Waals surface area contributed by atoms with Crippen molar-refractivity contribution in [3.05, 3.63) is 35.7 Å². The number of hydrogen-bond acceptors (Lipinski definition) is 5. The third-order valence-electron chi connectivity index (χ3n) is 4.95. The molecular weight excluding hydrogens is 507 g/mol. The first kappa shape index (κ1) is 25.1. The number of aryl methyl sites for hydroxylation is 1. The average Bonchev–Trinajstić information content (AvgIpc) is 3.39. The molecule has 0 atom stereocenters. The van der Waals surface area contributed by atoms with Crippen molar-refractivity contribution >= 4 is 35.8 Å². The van der Waals surface area contributed by atoms with Crippen LogP contribution in [0.1, 0.15) is 50.9 Å². The molecule has 0 saturated carbocycles. The third-order valence-corrected chi connectivity index (χ3v) is 4.95. The van der Waals surface area contributed by atoms with Crippen LogP contribution in [0.3, 0.4) is 0 Å². The minimum absolute atomic E-state index is 0. The van der Waals surface area contributed by atoms with E-state index in [1.807, 2.05) is 36.1 Å². The number of amides is 1. The number of rotatable bonds is 10. The van der Waals surface area contributed by atoms with Crippen molar-refractivity contribution in [1.29, 1.82) is 0 Å². The molecule has 2 N–H and O–H groups in total. The molecular formula is C22H33IN6O2. The van der Waals surface area contributed by atoms with Crippen molar-refractivity contribution < 1.29 is 9.32 Å². The van der Waals surface area contributed by atoms with Gasteiger partial charge in [-0.1, -0.05) is 24.2 Å². The SMILES string of the molecule is CCCc1noc(-c2cccc(CN=C(NCC)NCCCN3CCCC3=O)c2)n1.I. The van der Waals surface area contributed by atoms with E-state index in [4.69, 9.17) is 4.52 Å². The van der Waals surface area contributed by atoms with Gasteiger partial charge in [0.25, 0.3) is 5.89 Å². The molecule has 3 rings (SSSR count). The van der Waals surface area contributed by atoms with E-state index in [1.54, 1.807) is 0 Å². The second kappa shape index (κ2) is 13.3. The highest BCUT2D eigenvalue weighted by molar-refractivity contribution is 14.0. The van der Waals surface area contributed by atoms with Gasteiger partial charge < -0.3 is 20.1 Å². The van der Waals surface area contributed by atoms with E-state index in [1.165, 1.54) is 0 Å². The molecule has 1 fully saturated rings. The number of nitrogens with one attached hydrogen (secondary N) is 2. The Balaban J connectivity index is 0.00000341. The molecule has 0 aliphatic carbocycles. The maximum Gasteiger partial charge on any atom is 0.257 e. The number of benzene rings is 1. The summed E-state index contributed by atoms with van der Waals surface area (Å²) in [5, 5.41) is 10.7. The Morgan fingerprint density at radius 1 is 1.29 bits per heavy atom. The van der Waals surface area contributed by atoms with Crippen molar-refractivity contribution in [2.75, 3.05) is 26.2 Å². The predicted molar refractivity (Wildman–Crippen MR) is 132 cm³/mol. The lowest BCUT2D eigenvalue weighted by Gasteiger charge is -2.16. The summed E-state index contributed by atoms with van der Waals surface area (Å²) < 4.78 is 5.39. The molecule has 31 heavy (non-hydrogen) atoms. The Morgan fingerprint density at radius 3 is 2.90 bits per heavy atom. The van der Waals surface area contributed by atoms with E-state index in [0.29, 0.717) is 18.9 Å². The van der Waals surface area contributed by atoms with Crippen LogP contribution in [0.25, 0.3) is 11.5 Å². The number of carbonyl (C=O) groups is 1. The molecule has 8 nitrogen and oxygen atoms in total. The molecule has 0 bridgehead atoms. The largest absolute Gasteiger partial charge is 0.357 e. The lowest BCUT2D eigenvalue weighted by atomic mass is 10.1. The van der Waals surface area contributed by atoms with Gasteiger partial charge >= 0.3 is 0 Å². The molecule has 0 spiro atoms. The van der Waals surface area contributed by atoms with E-state index < -0.39 is 0 Å². The molecule has 1 saturated heterocycles. The number of halogens is 1. The lowest BCUT2D eigenvalue weighted by Crippen LogP contribution is -2.39. The summed E-state index contributed by atoms with van der Waals surface area (Å²) in [4.78, 5) is 22.8. The fraction of sp³-hybridized carbons (Fsp3) is 0.545. The first-order valence-corrected chi connectivity index (χ1v) is 10.9. The van der Waals surface area contributed by atoms with E-state index in [-0.39, 0.29) is 29.9 Å². The first-order valence-electron chi connectivity index (χ1n) is 10.9. The highest BCUT2D eigenvalue weighted by atomic mass is 127. The molecule has 2 heterocycles. The molecule has 1 aliphatic rings. The molecule has 0 radical (unpaired) electrons. The summed E-state index contributed by atoms with van der Waals surface area (Å²) in [6.07, 6.45) is 4.39. The van der Waals surface area contributed by atoms with Crippen LogP contribution in [0.2, 0.25) is 0 Å². The molecule has 1 aromatic carbocycles. The van der Waals surface area contributed by atoms with Gasteiger partial charge in [0.05, 0.1) is 6.54 Å². The number of likely N-dealkylation sites (tertiary alicyclic amines) is 1. The van der Waals surface area contributed by atoms with E-state index in [0.717, 1.165) is 74.8 Å². The Kier molecular flexibility index (Phi) is 10.8. The number of aromatic nitrogens is 2. The summed E-state index contributed by atoms with van der Waals surface area (Å²) in [6.45, 7) is 7.95. The fourth-order valence-electron chi connectivity index (χ4n) is 3.43. The second-order valence-electron chi connectivity index (χ2n) is 7.43. The van der Waals surface area contributed by atoms with Crippen LogP contribution in [0.4, 0.5) is 0 Å². The predicted octanol–water partition coefficient (Wildman–Crippen LogP) is 3.37. The molecule has 1 aliphatic heterocycles. The van der Waals surface area contributed by atoms with Gasteiger partial charge in [0.15, 0.2) is 11.8 Å². The summed E-state index contributed by atoms with van der Waals surface area (Å²) >= 11 is 0. The minimum Gasteiger partial charge on any atom is -0.357 e. The van der Waals surface area contributed by atoms with Crippen LogP contribution in [-0.2, 0) is 17.8 Å². The smallest absolute Gasteiger partial charge is 0.257 e. The van der Waals surface area contributed by atoms with Crippen LogP contribution < -0.4 is 10.6 Å². The van der Waals surface area contributed by atoms with Crippen LogP contribution in [0.5, 0.6) is 0 Å². The van der Waals surface area contributed by atoms with Gasteiger partial charge in [0, 0.05) is 44.6 Å². The molecule has 1 amide bonds. The van der Waals surface area contributed by atoms with Crippen molar-refractivity contribution in [2.24, 2.45) is 4.99 Å². The zero-order valence-corrected chi connectivity index (χ0v) is 20.7. The zero-order valence-electron chi connectivity index (χ0n) is 18.4. The maximum atomic E-state index is 11.7. The number of guanidine groups is 1. The summed E-state index contributed by atoms with van der Waals surface area (Å²) in [5.74, 6) is 2.34. The normalized spacial score (nSPS) is 13.9. The number of carbonyl (C=O) groups excluding carboxylic acids is 1. The zero-order chi connectivity index (χ0) is 21.2. The number of hydrogen-bond donors (Lipinski definition) is 2. The van der Waals surface area contributed by atoms with Gasteiger partial charge in [-0.15, -0.1) is 24.0 Å². The second-order valence-corrected chi connectivity index (χ2v) is 7.43. The Morgan fingerprint density at radius 2 is 2.16 bits per heavy atom. The number of aliphatic imine (C=N–C) groups is 1. The van der Waals surface area contributed by atoms with Crippen LogP contribution >= 0.6 is 24.0 Å². The standard InChI is InChI=1S/C22H32N6O2.HI/c1-3-8-19-26-21(30-27-19)18-10-5-9-17(15-18)16-25-22(23-4-2)24-12-7-14-28-13-6-11-20(28)29;/h5,9-10,15H,3-4,6-8,11-14,16H2,1-2H3,(H2,23,24,25);1H. The van der Waals surface area contributed by atoms with E-state index >= 15 is 0 Å². The maximum absolute atomic E-state index is 11.7. The Bertz CT molecular complexity index is 854. The van der Waals surface area contributed by atoms with Crippen molar-refractivity contribution in [2.45, 2.75) is 52.5 Å². The molecule has 2 aromatic rings. The quantitative estimate of drug-likeness (QED) is 0.208. The fourth-order valence-corrected chi connectivity index (χ4v) is 3.43. The molecule has 170 valence electrons. The van der Waals surface area contributed by atoms with Crippen LogP contribution in [0, 0.1) is 0 Å². The van der Waals surface area contributed by atoms with Crippen molar-refractivity contribution in [3.8, 4) is 11.5 Å². The van der Waals surface area contributed by atoms with Crippen LogP contribution in [0.15, 0.2) is 33.8 Å². The van der Waals surface area contributed by atoms with Gasteiger partial charge in [0.1, 0.15) is 0 Å². The number of nitrogens with zero attached hydrogens (tertiary/aromatic N) is 4. The topological polar surface area (TPSA) is 95.6 Å². The van der Waals surface area contributed by atoms with E-state index in [2.05, 4.69) is 32.7 Å². The van der Waals surface area contributed by atoms with Gasteiger partial charge in [0.2, 0.25) is 5.91 Å².